The van der Waals surface area contributed by atoms with Crippen LogP contribution >= 0.6 is 46.3 Å². The topological polar surface area (TPSA) is 64.1 Å². The Morgan fingerprint density at radius 3 is 2.96 bits per heavy atom. The Kier molecular flexibility index (Phi) is 6.01. The summed E-state index contributed by atoms with van der Waals surface area (Å²) in [6, 6.07) is 7.29. The lowest BCUT2D eigenvalue weighted by atomic mass is 10.3. The van der Waals surface area contributed by atoms with Gasteiger partial charge in [0.15, 0.2) is 10.2 Å². The number of pyridine rings is 1. The van der Waals surface area contributed by atoms with Gasteiger partial charge in [-0.05, 0) is 31.2 Å². The Morgan fingerprint density at radius 2 is 2.20 bits per heavy atom. The Morgan fingerprint density at radius 1 is 1.36 bits per heavy atom. The van der Waals surface area contributed by atoms with Gasteiger partial charge in [0, 0.05) is 6.20 Å². The van der Waals surface area contributed by atoms with Gasteiger partial charge in [-0.15, -0.1) is 11.3 Å². The number of carbonyl (C=O) groups excluding carboxylic acids is 1. The first-order valence-electron chi connectivity index (χ1n) is 7.32. The molecule has 1 amide bonds. The number of carbonyl (C=O) groups is 1. The van der Waals surface area contributed by atoms with Gasteiger partial charge in [0.2, 0.25) is 5.91 Å². The molecule has 1 N–H and O–H groups in total. The molecule has 9 heteroatoms. The molecule has 1 aromatic carbocycles. The average Bonchev–Trinajstić information content (AvgIpc) is 2.98. The normalized spacial score (nSPS) is 10.8. The van der Waals surface area contributed by atoms with Gasteiger partial charge in [0.1, 0.15) is 5.75 Å². The number of aromatic nitrogens is 2. The van der Waals surface area contributed by atoms with Crippen molar-refractivity contribution in [2.24, 2.45) is 0 Å². The second-order valence-electron chi connectivity index (χ2n) is 4.86. The highest BCUT2D eigenvalue weighted by atomic mass is 35.5. The molecule has 2 aromatic heterocycles. The molecule has 130 valence electrons. The minimum absolute atomic E-state index is 0.207. The van der Waals surface area contributed by atoms with Crippen molar-refractivity contribution in [2.75, 3.05) is 17.7 Å². The van der Waals surface area contributed by atoms with Gasteiger partial charge >= 0.3 is 0 Å². The standard InChI is InChI=1S/C16H13Cl2N3O2S2/c1-2-23-10-3-4-12-13(6-10)25-16(20-12)24-8-14(22)21-15-11(18)5-9(17)7-19-15/h3-7H,2,8H2,1H3,(H,19,21,22). The maximum absolute atomic E-state index is 12.1. The molecular weight excluding hydrogens is 401 g/mol. The number of nitrogens with one attached hydrogen (secondary N) is 1. The van der Waals surface area contributed by atoms with Crippen molar-refractivity contribution >= 4 is 68.2 Å². The first kappa shape index (κ1) is 18.3. The van der Waals surface area contributed by atoms with Crippen molar-refractivity contribution in [3.8, 4) is 5.75 Å². The van der Waals surface area contributed by atoms with Crippen LogP contribution in [0.4, 0.5) is 5.82 Å². The van der Waals surface area contributed by atoms with E-state index in [9.17, 15) is 4.79 Å². The van der Waals surface area contributed by atoms with E-state index < -0.39 is 0 Å². The minimum Gasteiger partial charge on any atom is -0.494 e. The molecule has 0 saturated carbocycles. The Hall–Kier alpha value is -1.54. The van der Waals surface area contributed by atoms with Gasteiger partial charge in [-0.25, -0.2) is 9.97 Å². The third kappa shape index (κ3) is 4.76. The van der Waals surface area contributed by atoms with Crippen molar-refractivity contribution in [1.82, 2.24) is 9.97 Å². The van der Waals surface area contributed by atoms with E-state index in [4.69, 9.17) is 27.9 Å². The molecule has 0 fully saturated rings. The molecule has 0 spiro atoms. The summed E-state index contributed by atoms with van der Waals surface area (Å²) in [6.45, 7) is 2.56. The SMILES string of the molecule is CCOc1ccc2nc(SCC(=O)Nc3ncc(Cl)cc3Cl)sc2c1. The van der Waals surface area contributed by atoms with Gasteiger partial charge in [0.05, 0.1) is 32.6 Å². The quantitative estimate of drug-likeness (QED) is 0.567. The number of thiazole rings is 1. The largest absolute Gasteiger partial charge is 0.494 e. The highest BCUT2D eigenvalue weighted by molar-refractivity contribution is 8.01. The Balaban J connectivity index is 1.62. The molecule has 0 radical (unpaired) electrons. The van der Waals surface area contributed by atoms with E-state index in [2.05, 4.69) is 15.3 Å². The Bertz CT molecular complexity index is 918. The molecule has 0 aliphatic carbocycles. The van der Waals surface area contributed by atoms with Crippen LogP contribution in [0.15, 0.2) is 34.8 Å². The summed E-state index contributed by atoms with van der Waals surface area (Å²) in [5.74, 6) is 1.10. The second-order valence-corrected chi connectivity index (χ2v) is 7.96. The predicted molar refractivity (Wildman–Crippen MR) is 104 cm³/mol. The number of benzene rings is 1. The summed E-state index contributed by atoms with van der Waals surface area (Å²) in [7, 11) is 0. The number of halogens is 2. The number of rotatable bonds is 6. The molecule has 0 unspecified atom stereocenters. The van der Waals surface area contributed by atoms with Crippen molar-refractivity contribution in [1.29, 1.82) is 0 Å². The first-order valence-corrected chi connectivity index (χ1v) is 9.88. The number of amides is 1. The van der Waals surface area contributed by atoms with Crippen LogP contribution in [0.25, 0.3) is 10.2 Å². The fourth-order valence-electron chi connectivity index (χ4n) is 2.00. The zero-order valence-electron chi connectivity index (χ0n) is 13.1. The summed E-state index contributed by atoms with van der Waals surface area (Å²) < 4.78 is 7.32. The van der Waals surface area contributed by atoms with Crippen molar-refractivity contribution in [3.05, 3.63) is 40.5 Å². The molecule has 3 rings (SSSR count). The summed E-state index contributed by atoms with van der Waals surface area (Å²) in [5, 5.41) is 3.38. The number of anilines is 1. The van der Waals surface area contributed by atoms with Gasteiger partial charge in [0.25, 0.3) is 0 Å². The Labute approximate surface area is 162 Å². The molecule has 2 heterocycles. The minimum atomic E-state index is -0.212. The predicted octanol–water partition coefficient (Wildman–Crippen LogP) is 5.13. The van der Waals surface area contributed by atoms with Gasteiger partial charge in [-0.3, -0.25) is 4.79 Å². The number of ether oxygens (including phenoxy) is 1. The van der Waals surface area contributed by atoms with Crippen molar-refractivity contribution in [3.63, 3.8) is 0 Å². The first-order chi connectivity index (χ1) is 12.0. The van der Waals surface area contributed by atoms with Crippen LogP contribution < -0.4 is 10.1 Å². The van der Waals surface area contributed by atoms with E-state index in [-0.39, 0.29) is 11.7 Å². The highest BCUT2D eigenvalue weighted by Gasteiger charge is 2.11. The van der Waals surface area contributed by atoms with Crippen LogP contribution in [0.1, 0.15) is 6.92 Å². The maximum atomic E-state index is 12.1. The molecule has 25 heavy (non-hydrogen) atoms. The molecule has 0 bridgehead atoms. The smallest absolute Gasteiger partial charge is 0.236 e. The third-order valence-corrected chi connectivity index (χ3v) is 5.70. The molecular formula is C16H13Cl2N3O2S2. The molecule has 0 aliphatic rings. The third-order valence-electron chi connectivity index (χ3n) is 3.04. The number of fused-ring (bicyclic) bond motifs is 1. The fraction of sp³-hybridized carbons (Fsp3) is 0.188. The van der Waals surface area contributed by atoms with E-state index in [0.29, 0.717) is 22.5 Å². The summed E-state index contributed by atoms with van der Waals surface area (Å²) >= 11 is 14.7. The fourth-order valence-corrected chi connectivity index (χ4v) is 4.33. The van der Waals surface area contributed by atoms with Crippen molar-refractivity contribution < 1.29 is 9.53 Å². The van der Waals surface area contributed by atoms with Crippen LogP contribution in [-0.4, -0.2) is 28.2 Å². The van der Waals surface area contributed by atoms with Gasteiger partial charge < -0.3 is 10.1 Å². The van der Waals surface area contributed by atoms with Gasteiger partial charge in [-0.1, -0.05) is 35.0 Å². The lowest BCUT2D eigenvalue weighted by molar-refractivity contribution is -0.113. The number of thioether (sulfide) groups is 1. The zero-order chi connectivity index (χ0) is 17.8. The van der Waals surface area contributed by atoms with Crippen LogP contribution in [0.2, 0.25) is 10.0 Å². The number of hydrogen-bond donors (Lipinski definition) is 1. The summed E-state index contributed by atoms with van der Waals surface area (Å²) in [6.07, 6.45) is 1.43. The molecule has 0 atom stereocenters. The van der Waals surface area contributed by atoms with Crippen LogP contribution in [0.3, 0.4) is 0 Å². The summed E-state index contributed by atoms with van der Waals surface area (Å²) in [4.78, 5) is 20.6. The van der Waals surface area contributed by atoms with E-state index >= 15 is 0 Å². The molecule has 0 aliphatic heterocycles. The van der Waals surface area contributed by atoms with Crippen LogP contribution in [0, 0.1) is 0 Å². The molecule has 0 saturated heterocycles. The molecule has 3 aromatic rings. The lowest BCUT2D eigenvalue weighted by Gasteiger charge is -2.05. The second kappa shape index (κ2) is 8.23. The van der Waals surface area contributed by atoms with E-state index in [1.165, 1.54) is 35.4 Å². The zero-order valence-corrected chi connectivity index (χ0v) is 16.2. The monoisotopic (exact) mass is 413 g/mol. The van der Waals surface area contributed by atoms with E-state index in [1.807, 2.05) is 25.1 Å². The maximum Gasteiger partial charge on any atom is 0.236 e. The van der Waals surface area contributed by atoms with E-state index in [1.54, 1.807) is 0 Å². The highest BCUT2D eigenvalue weighted by Crippen LogP contribution is 2.32. The van der Waals surface area contributed by atoms with E-state index in [0.717, 1.165) is 20.3 Å². The lowest BCUT2D eigenvalue weighted by Crippen LogP contribution is -2.15. The van der Waals surface area contributed by atoms with Crippen LogP contribution in [0.5, 0.6) is 5.75 Å². The average molecular weight is 414 g/mol. The summed E-state index contributed by atoms with van der Waals surface area (Å²) in [5.41, 5.74) is 0.888. The number of hydrogen-bond acceptors (Lipinski definition) is 6. The van der Waals surface area contributed by atoms with Crippen molar-refractivity contribution in [2.45, 2.75) is 11.3 Å². The van der Waals surface area contributed by atoms with Crippen LogP contribution in [-0.2, 0) is 4.79 Å². The molecule has 5 nitrogen and oxygen atoms in total. The van der Waals surface area contributed by atoms with Gasteiger partial charge in [-0.2, -0.15) is 0 Å². The number of nitrogens with zero attached hydrogens (tertiary/aromatic N) is 2.